The van der Waals surface area contributed by atoms with Gasteiger partial charge in [0.2, 0.25) is 0 Å². The molecule has 6 rings (SSSR count). The predicted molar refractivity (Wildman–Crippen MR) is 198 cm³/mol. The molecule has 0 radical (unpaired) electrons. The molecule has 4 heterocycles. The number of fused-ring (bicyclic) bond motifs is 2. The quantitative estimate of drug-likeness (QED) is 0.153. The van der Waals surface area contributed by atoms with Crippen LogP contribution in [0.5, 0.6) is 11.5 Å². The third-order valence-corrected chi connectivity index (χ3v) is 7.62. The van der Waals surface area contributed by atoms with E-state index in [4.69, 9.17) is 19.4 Å². The van der Waals surface area contributed by atoms with Crippen LogP contribution in [0.1, 0.15) is 90.0 Å². The number of nitrogens with zero attached hydrogens (tertiary/aromatic N) is 4. The van der Waals surface area contributed by atoms with Gasteiger partial charge in [0.05, 0.1) is 47.1 Å². The van der Waals surface area contributed by atoms with E-state index in [2.05, 4.69) is 19.9 Å². The Labute approximate surface area is 293 Å². The van der Waals surface area contributed by atoms with Crippen molar-refractivity contribution < 1.29 is 19.1 Å². The fourth-order valence-electron chi connectivity index (χ4n) is 5.22. The van der Waals surface area contributed by atoms with Crippen LogP contribution >= 0.6 is 0 Å². The van der Waals surface area contributed by atoms with Crippen LogP contribution in [0.2, 0.25) is 0 Å². The molecule has 0 aliphatic rings. The lowest BCUT2D eigenvalue weighted by atomic mass is 9.87. The summed E-state index contributed by atoms with van der Waals surface area (Å²) in [6.07, 6.45) is 7.01. The minimum atomic E-state index is -0.474. The summed E-state index contributed by atoms with van der Waals surface area (Å²) in [6.45, 7) is 19.4. The molecule has 0 bridgehead atoms. The van der Waals surface area contributed by atoms with E-state index in [1.54, 1.807) is 24.8 Å². The second-order valence-corrected chi connectivity index (χ2v) is 14.9. The van der Waals surface area contributed by atoms with E-state index >= 15 is 0 Å². The smallest absolute Gasteiger partial charge is 0.171 e. The van der Waals surface area contributed by atoms with Crippen LogP contribution < -0.4 is 9.47 Å². The summed E-state index contributed by atoms with van der Waals surface area (Å²) < 4.78 is 11.5. The van der Waals surface area contributed by atoms with Crippen LogP contribution in [-0.4, -0.2) is 53.7 Å². The van der Waals surface area contributed by atoms with Gasteiger partial charge < -0.3 is 19.4 Å². The molecular formula is C40H46N6O4. The number of H-pyrrole nitrogens is 2. The van der Waals surface area contributed by atoms with Crippen LogP contribution in [0.15, 0.2) is 73.3 Å². The van der Waals surface area contributed by atoms with Gasteiger partial charge in [-0.3, -0.25) is 9.59 Å². The molecule has 0 amide bonds. The van der Waals surface area contributed by atoms with Gasteiger partial charge in [-0.1, -0.05) is 65.8 Å². The lowest BCUT2D eigenvalue weighted by Gasteiger charge is -2.15. The van der Waals surface area contributed by atoms with Gasteiger partial charge in [0.15, 0.2) is 22.9 Å². The summed E-state index contributed by atoms with van der Waals surface area (Å²) in [4.78, 5) is 49.6. The average molecular weight is 675 g/mol. The zero-order valence-electron chi connectivity index (χ0n) is 30.5. The van der Waals surface area contributed by atoms with E-state index in [1.165, 1.54) is 0 Å². The van der Waals surface area contributed by atoms with Gasteiger partial charge in [-0.2, -0.15) is 0 Å². The summed E-state index contributed by atoms with van der Waals surface area (Å²) >= 11 is 0. The molecule has 50 heavy (non-hydrogen) atoms. The number of carbonyl (C=O) groups is 2. The Balaban J connectivity index is 0.000000194. The van der Waals surface area contributed by atoms with Crippen LogP contribution in [0.3, 0.4) is 0 Å². The number of rotatable bonds is 8. The van der Waals surface area contributed by atoms with Crippen molar-refractivity contribution in [3.05, 3.63) is 84.4 Å². The maximum absolute atomic E-state index is 12.7. The summed E-state index contributed by atoms with van der Waals surface area (Å²) in [5.41, 5.74) is 5.88. The summed E-state index contributed by atoms with van der Waals surface area (Å²) in [5, 5.41) is 0. The fraction of sp³-hybridized carbons (Fsp3) is 0.350. The van der Waals surface area contributed by atoms with Gasteiger partial charge in [0, 0.05) is 34.4 Å². The highest BCUT2D eigenvalue weighted by molar-refractivity contribution is 6.09. The topological polar surface area (TPSA) is 136 Å². The molecule has 4 aromatic heterocycles. The number of ether oxygens (including phenoxy) is 2. The Bertz CT molecular complexity index is 1990. The Hall–Kier alpha value is -5.38. The number of hydrogen-bond acceptors (Lipinski definition) is 8. The first kappa shape index (κ1) is 35.9. The summed E-state index contributed by atoms with van der Waals surface area (Å²) in [6, 6.07) is 15.5. The van der Waals surface area contributed by atoms with Crippen molar-refractivity contribution in [1.82, 2.24) is 29.9 Å². The predicted octanol–water partition coefficient (Wildman–Crippen LogP) is 9.28. The Morgan fingerprint density at radius 2 is 1.00 bits per heavy atom. The SMILES string of the molecule is CC(C)Oc1cccc(-c2cnc3[nH]cc(C(=O)C(C)(C)C)c3n2)c1.CC(C)Oc1cccc(-c2cnc3[nH]cc(C(=O)C(C)(C)C)c3n2)c1. The van der Waals surface area contributed by atoms with Gasteiger partial charge in [-0.05, 0) is 52.0 Å². The molecule has 260 valence electrons. The third-order valence-electron chi connectivity index (χ3n) is 7.62. The van der Waals surface area contributed by atoms with Crippen molar-refractivity contribution in [3.63, 3.8) is 0 Å². The number of ketones is 2. The molecule has 0 saturated heterocycles. The minimum Gasteiger partial charge on any atom is -0.491 e. The summed E-state index contributed by atoms with van der Waals surface area (Å²) in [5.74, 6) is 1.66. The fourth-order valence-corrected chi connectivity index (χ4v) is 5.22. The van der Waals surface area contributed by atoms with Crippen LogP contribution in [0.25, 0.3) is 44.8 Å². The molecule has 0 saturated carbocycles. The number of carbonyl (C=O) groups excluding carboxylic acids is 2. The Morgan fingerprint density at radius 3 is 1.34 bits per heavy atom. The Morgan fingerprint density at radius 1 is 0.620 bits per heavy atom. The largest absolute Gasteiger partial charge is 0.491 e. The third kappa shape index (κ3) is 8.25. The monoisotopic (exact) mass is 674 g/mol. The second-order valence-electron chi connectivity index (χ2n) is 14.9. The van der Waals surface area contributed by atoms with Crippen molar-refractivity contribution in [2.75, 3.05) is 0 Å². The number of Topliss-reactive ketones (excluding diaryl/α,β-unsaturated/α-hetero) is 2. The van der Waals surface area contributed by atoms with Gasteiger partial charge in [-0.25, -0.2) is 19.9 Å². The van der Waals surface area contributed by atoms with Gasteiger partial charge in [0.25, 0.3) is 0 Å². The molecular weight excluding hydrogens is 628 g/mol. The van der Waals surface area contributed by atoms with Crippen molar-refractivity contribution >= 4 is 33.9 Å². The normalized spacial score (nSPS) is 11.9. The van der Waals surface area contributed by atoms with Crippen molar-refractivity contribution in [3.8, 4) is 34.0 Å². The van der Waals surface area contributed by atoms with E-state index < -0.39 is 10.8 Å². The van der Waals surface area contributed by atoms with Crippen LogP contribution in [0, 0.1) is 10.8 Å². The van der Waals surface area contributed by atoms with Gasteiger partial charge >= 0.3 is 0 Å². The van der Waals surface area contributed by atoms with Crippen LogP contribution in [-0.2, 0) is 0 Å². The van der Waals surface area contributed by atoms with Crippen LogP contribution in [0.4, 0.5) is 0 Å². The molecule has 0 fully saturated rings. The first-order valence-corrected chi connectivity index (χ1v) is 16.8. The van der Waals surface area contributed by atoms with Crippen molar-refractivity contribution in [2.24, 2.45) is 10.8 Å². The molecule has 0 aliphatic carbocycles. The van der Waals surface area contributed by atoms with Crippen molar-refractivity contribution in [2.45, 2.75) is 81.4 Å². The van der Waals surface area contributed by atoms with E-state index in [0.717, 1.165) is 22.6 Å². The highest BCUT2D eigenvalue weighted by atomic mass is 16.5. The zero-order valence-corrected chi connectivity index (χ0v) is 30.5. The Kier molecular flexibility index (Phi) is 10.2. The number of aromatic amines is 2. The van der Waals surface area contributed by atoms with E-state index in [0.29, 0.717) is 44.8 Å². The molecule has 6 aromatic rings. The molecule has 2 N–H and O–H groups in total. The maximum Gasteiger partial charge on any atom is 0.171 e. The lowest BCUT2D eigenvalue weighted by molar-refractivity contribution is 0.0854. The number of hydrogen-bond donors (Lipinski definition) is 2. The van der Waals surface area contributed by atoms with E-state index in [1.807, 2.05) is 118 Å². The first-order chi connectivity index (χ1) is 23.5. The minimum absolute atomic E-state index is 0.0436. The molecule has 0 spiro atoms. The maximum atomic E-state index is 12.7. The number of benzene rings is 2. The van der Waals surface area contributed by atoms with Gasteiger partial charge in [-0.15, -0.1) is 0 Å². The highest BCUT2D eigenvalue weighted by Gasteiger charge is 2.27. The van der Waals surface area contributed by atoms with Crippen molar-refractivity contribution in [1.29, 1.82) is 0 Å². The highest BCUT2D eigenvalue weighted by Crippen LogP contribution is 2.30. The van der Waals surface area contributed by atoms with E-state index in [9.17, 15) is 9.59 Å². The molecule has 10 nitrogen and oxygen atoms in total. The lowest BCUT2D eigenvalue weighted by Crippen LogP contribution is -2.20. The number of aromatic nitrogens is 6. The molecule has 10 heteroatoms. The average Bonchev–Trinajstić information content (AvgIpc) is 3.67. The molecule has 0 unspecified atom stereocenters. The number of nitrogens with one attached hydrogen (secondary N) is 2. The zero-order chi connectivity index (χ0) is 36.4. The van der Waals surface area contributed by atoms with E-state index in [-0.39, 0.29) is 23.8 Å². The van der Waals surface area contributed by atoms with Gasteiger partial charge in [0.1, 0.15) is 22.5 Å². The molecule has 0 atom stereocenters. The summed E-state index contributed by atoms with van der Waals surface area (Å²) in [7, 11) is 0. The first-order valence-electron chi connectivity index (χ1n) is 16.8. The molecule has 0 aliphatic heterocycles. The molecule has 2 aromatic carbocycles. The second kappa shape index (κ2) is 14.2. The standard InChI is InChI=1S/2C20H23N3O2/c2*1-12(2)25-14-8-6-7-13(9-14)16-11-22-19-17(23-16)15(10-21-19)18(24)20(3,4)5/h2*6-12H,1-5H3,(H,21,22).